The van der Waals surface area contributed by atoms with Gasteiger partial charge < -0.3 is 15.1 Å². The topological polar surface area (TPSA) is 43.7 Å². The summed E-state index contributed by atoms with van der Waals surface area (Å²) >= 11 is 0. The van der Waals surface area contributed by atoms with E-state index in [-0.39, 0.29) is 0 Å². The predicted molar refractivity (Wildman–Crippen MR) is 63.9 cm³/mol. The van der Waals surface area contributed by atoms with Gasteiger partial charge in [-0.1, -0.05) is 27.2 Å². The highest BCUT2D eigenvalue weighted by atomic mass is 16.3. The molecular formula is C12H27NO2. The van der Waals surface area contributed by atoms with E-state index in [1.165, 1.54) is 0 Å². The molecule has 0 radical (unpaired) electrons. The summed E-state index contributed by atoms with van der Waals surface area (Å²) in [4.78, 5) is 2.23. The van der Waals surface area contributed by atoms with Gasteiger partial charge in [-0.3, -0.25) is 0 Å². The summed E-state index contributed by atoms with van der Waals surface area (Å²) in [6.45, 7) is 8.90. The van der Waals surface area contributed by atoms with E-state index in [1.54, 1.807) is 0 Å². The standard InChI is InChI=1S/C12H27NO2/c1-4-7-11(14)12(15)10-13(8-5-2)9-6-3/h11-12,14-15H,4-10H2,1-3H3. The highest BCUT2D eigenvalue weighted by Gasteiger charge is 2.17. The van der Waals surface area contributed by atoms with E-state index in [9.17, 15) is 10.2 Å². The number of hydrogen-bond donors (Lipinski definition) is 2. The molecule has 2 atom stereocenters. The maximum atomic E-state index is 9.78. The average Bonchev–Trinajstić information content (AvgIpc) is 2.18. The second-order valence-electron chi connectivity index (χ2n) is 4.22. The summed E-state index contributed by atoms with van der Waals surface area (Å²) in [7, 11) is 0. The predicted octanol–water partition coefficient (Wildman–Crippen LogP) is 1.63. The molecule has 0 aromatic heterocycles. The van der Waals surface area contributed by atoms with Gasteiger partial charge in [-0.05, 0) is 32.4 Å². The first-order valence-electron chi connectivity index (χ1n) is 6.24. The third kappa shape index (κ3) is 6.88. The lowest BCUT2D eigenvalue weighted by Crippen LogP contribution is -2.39. The van der Waals surface area contributed by atoms with E-state index < -0.39 is 12.2 Å². The molecule has 0 bridgehead atoms. The Morgan fingerprint density at radius 1 is 0.867 bits per heavy atom. The Kier molecular flexibility index (Phi) is 9.06. The molecule has 0 aromatic rings. The maximum absolute atomic E-state index is 9.78. The van der Waals surface area contributed by atoms with Crippen molar-refractivity contribution in [2.24, 2.45) is 0 Å². The van der Waals surface area contributed by atoms with Crippen LogP contribution in [0, 0.1) is 0 Å². The first-order chi connectivity index (χ1) is 7.15. The van der Waals surface area contributed by atoms with E-state index in [0.717, 1.165) is 32.4 Å². The second kappa shape index (κ2) is 9.13. The van der Waals surface area contributed by atoms with E-state index in [2.05, 4.69) is 18.7 Å². The number of nitrogens with zero attached hydrogens (tertiary/aromatic N) is 1. The summed E-state index contributed by atoms with van der Waals surface area (Å²) in [5.41, 5.74) is 0. The Balaban J connectivity index is 3.91. The summed E-state index contributed by atoms with van der Waals surface area (Å²) in [5, 5.41) is 19.4. The third-order valence-electron chi connectivity index (χ3n) is 2.55. The minimum Gasteiger partial charge on any atom is -0.390 e. The molecule has 0 heterocycles. The van der Waals surface area contributed by atoms with Gasteiger partial charge in [0.25, 0.3) is 0 Å². The van der Waals surface area contributed by atoms with Crippen LogP contribution in [0.1, 0.15) is 46.5 Å². The quantitative estimate of drug-likeness (QED) is 0.617. The number of aliphatic hydroxyl groups excluding tert-OH is 2. The number of hydrogen-bond acceptors (Lipinski definition) is 3. The lowest BCUT2D eigenvalue weighted by atomic mass is 10.1. The average molecular weight is 217 g/mol. The molecule has 0 aliphatic heterocycles. The molecule has 0 aliphatic carbocycles. The van der Waals surface area contributed by atoms with Crippen LogP contribution in [0.2, 0.25) is 0 Å². The van der Waals surface area contributed by atoms with Crippen molar-refractivity contribution < 1.29 is 10.2 Å². The van der Waals surface area contributed by atoms with Gasteiger partial charge in [0.2, 0.25) is 0 Å². The lowest BCUT2D eigenvalue weighted by molar-refractivity contribution is -0.00659. The second-order valence-corrected chi connectivity index (χ2v) is 4.22. The van der Waals surface area contributed by atoms with Crippen molar-refractivity contribution >= 4 is 0 Å². The van der Waals surface area contributed by atoms with E-state index in [4.69, 9.17) is 0 Å². The molecule has 0 saturated heterocycles. The van der Waals surface area contributed by atoms with E-state index in [0.29, 0.717) is 13.0 Å². The van der Waals surface area contributed by atoms with Crippen LogP contribution in [-0.4, -0.2) is 47.0 Å². The fourth-order valence-corrected chi connectivity index (χ4v) is 1.80. The van der Waals surface area contributed by atoms with Gasteiger partial charge in [0.05, 0.1) is 12.2 Å². The van der Waals surface area contributed by atoms with Crippen molar-refractivity contribution in [1.29, 1.82) is 0 Å². The zero-order valence-corrected chi connectivity index (χ0v) is 10.4. The molecule has 0 rings (SSSR count). The van der Waals surface area contributed by atoms with Crippen LogP contribution in [0.5, 0.6) is 0 Å². The normalized spacial score (nSPS) is 15.6. The first kappa shape index (κ1) is 14.9. The largest absolute Gasteiger partial charge is 0.390 e. The zero-order chi connectivity index (χ0) is 11.7. The molecule has 2 unspecified atom stereocenters. The van der Waals surface area contributed by atoms with Crippen LogP contribution in [0.15, 0.2) is 0 Å². The molecule has 0 spiro atoms. The highest BCUT2D eigenvalue weighted by molar-refractivity contribution is 4.71. The fraction of sp³-hybridized carbons (Fsp3) is 1.00. The minimum absolute atomic E-state index is 0.564. The van der Waals surface area contributed by atoms with E-state index >= 15 is 0 Å². The molecule has 0 aliphatic rings. The number of rotatable bonds is 9. The van der Waals surface area contributed by atoms with Crippen molar-refractivity contribution in [3.63, 3.8) is 0 Å². The maximum Gasteiger partial charge on any atom is 0.0925 e. The first-order valence-corrected chi connectivity index (χ1v) is 6.24. The molecular weight excluding hydrogens is 190 g/mol. The Labute approximate surface area is 94.1 Å². The molecule has 15 heavy (non-hydrogen) atoms. The third-order valence-corrected chi connectivity index (χ3v) is 2.55. The monoisotopic (exact) mass is 217 g/mol. The van der Waals surface area contributed by atoms with Gasteiger partial charge in [-0.2, -0.15) is 0 Å². The summed E-state index contributed by atoms with van der Waals surface area (Å²) in [6.07, 6.45) is 2.63. The van der Waals surface area contributed by atoms with Gasteiger partial charge in [-0.25, -0.2) is 0 Å². The molecule has 0 fully saturated rings. The molecule has 3 nitrogen and oxygen atoms in total. The number of aliphatic hydroxyl groups is 2. The minimum atomic E-state index is -0.594. The van der Waals surface area contributed by atoms with Crippen molar-refractivity contribution in [2.75, 3.05) is 19.6 Å². The van der Waals surface area contributed by atoms with Crippen molar-refractivity contribution in [1.82, 2.24) is 4.90 Å². The molecule has 2 N–H and O–H groups in total. The van der Waals surface area contributed by atoms with Crippen molar-refractivity contribution in [3.8, 4) is 0 Å². The SMILES string of the molecule is CCCC(O)C(O)CN(CCC)CCC. The molecule has 0 amide bonds. The smallest absolute Gasteiger partial charge is 0.0925 e. The Bertz CT molecular complexity index is 136. The van der Waals surface area contributed by atoms with Gasteiger partial charge in [0.1, 0.15) is 0 Å². The highest BCUT2D eigenvalue weighted by Crippen LogP contribution is 2.05. The fourth-order valence-electron chi connectivity index (χ4n) is 1.80. The van der Waals surface area contributed by atoms with Crippen LogP contribution in [0.3, 0.4) is 0 Å². The molecule has 0 aromatic carbocycles. The van der Waals surface area contributed by atoms with Crippen LogP contribution in [-0.2, 0) is 0 Å². The summed E-state index contributed by atoms with van der Waals surface area (Å²) in [5.74, 6) is 0. The van der Waals surface area contributed by atoms with Crippen LogP contribution >= 0.6 is 0 Å². The zero-order valence-electron chi connectivity index (χ0n) is 10.4. The van der Waals surface area contributed by atoms with Crippen LogP contribution < -0.4 is 0 Å². The Morgan fingerprint density at radius 3 is 1.80 bits per heavy atom. The van der Waals surface area contributed by atoms with Crippen LogP contribution in [0.25, 0.3) is 0 Å². The van der Waals surface area contributed by atoms with Gasteiger partial charge in [0.15, 0.2) is 0 Å². The van der Waals surface area contributed by atoms with Gasteiger partial charge in [0, 0.05) is 6.54 Å². The molecule has 3 heteroatoms. The van der Waals surface area contributed by atoms with Crippen LogP contribution in [0.4, 0.5) is 0 Å². The molecule has 0 saturated carbocycles. The Hall–Kier alpha value is -0.120. The summed E-state index contributed by atoms with van der Waals surface area (Å²) in [6, 6.07) is 0. The van der Waals surface area contributed by atoms with E-state index in [1.807, 2.05) is 6.92 Å². The van der Waals surface area contributed by atoms with Gasteiger partial charge >= 0.3 is 0 Å². The Morgan fingerprint density at radius 2 is 1.40 bits per heavy atom. The van der Waals surface area contributed by atoms with Gasteiger partial charge in [-0.15, -0.1) is 0 Å². The summed E-state index contributed by atoms with van der Waals surface area (Å²) < 4.78 is 0. The van der Waals surface area contributed by atoms with Crippen molar-refractivity contribution in [2.45, 2.75) is 58.7 Å². The molecule has 92 valence electrons. The lowest BCUT2D eigenvalue weighted by Gasteiger charge is -2.26. The van der Waals surface area contributed by atoms with Crippen molar-refractivity contribution in [3.05, 3.63) is 0 Å².